The highest BCUT2D eigenvalue weighted by Gasteiger charge is 2.24. The Labute approximate surface area is 207 Å². The topological polar surface area (TPSA) is 117 Å². The van der Waals surface area contributed by atoms with Gasteiger partial charge in [0.15, 0.2) is 5.13 Å². The number of sulfonamides is 1. The lowest BCUT2D eigenvalue weighted by Gasteiger charge is -2.17. The van der Waals surface area contributed by atoms with Crippen molar-refractivity contribution in [2.45, 2.75) is 25.2 Å². The number of hydrogen-bond donors (Lipinski definition) is 3. The molecule has 2 aromatic carbocycles. The Morgan fingerprint density at radius 2 is 1.71 bits per heavy atom. The third-order valence-electron chi connectivity index (χ3n) is 5.30. The first-order valence-electron chi connectivity index (χ1n) is 11.0. The molecule has 3 rings (SSSR count). The van der Waals surface area contributed by atoms with Crippen LogP contribution in [-0.4, -0.2) is 50.3 Å². The Balaban J connectivity index is 1.65. The van der Waals surface area contributed by atoms with Gasteiger partial charge in [-0.15, -0.1) is 0 Å². The lowest BCUT2D eigenvalue weighted by molar-refractivity contribution is 0.103. The van der Waals surface area contributed by atoms with Crippen LogP contribution in [0, 0.1) is 11.6 Å². The molecule has 0 spiro atoms. The smallest absolute Gasteiger partial charge is 0.240 e. The van der Waals surface area contributed by atoms with Crippen molar-refractivity contribution in [2.75, 3.05) is 37.2 Å². The molecule has 0 radical (unpaired) electrons. The fourth-order valence-electron chi connectivity index (χ4n) is 3.35. The van der Waals surface area contributed by atoms with Gasteiger partial charge in [-0.25, -0.2) is 26.9 Å². The summed E-state index contributed by atoms with van der Waals surface area (Å²) in [6.45, 7) is 7.09. The van der Waals surface area contributed by atoms with Crippen LogP contribution in [0.1, 0.15) is 35.5 Å². The molecule has 1 aromatic heterocycles. The van der Waals surface area contributed by atoms with Crippen molar-refractivity contribution in [2.24, 2.45) is 0 Å². The Morgan fingerprint density at radius 3 is 2.31 bits per heavy atom. The van der Waals surface area contributed by atoms with Crippen molar-refractivity contribution in [3.8, 4) is 0 Å². The highest BCUT2D eigenvalue weighted by molar-refractivity contribution is 7.89. The van der Waals surface area contributed by atoms with Crippen LogP contribution in [0.4, 0.5) is 25.4 Å². The fourth-order valence-corrected chi connectivity index (χ4v) is 5.27. The van der Waals surface area contributed by atoms with Crippen molar-refractivity contribution in [1.82, 2.24) is 14.6 Å². The van der Waals surface area contributed by atoms with Crippen molar-refractivity contribution in [3.05, 3.63) is 64.5 Å². The molecule has 0 fully saturated rings. The summed E-state index contributed by atoms with van der Waals surface area (Å²) in [5.41, 5.74) is 5.61. The minimum Gasteiger partial charge on any atom is -0.382 e. The first-order chi connectivity index (χ1) is 16.7. The largest absolute Gasteiger partial charge is 0.382 e. The zero-order valence-corrected chi connectivity index (χ0v) is 21.0. The summed E-state index contributed by atoms with van der Waals surface area (Å²) in [4.78, 5) is 18.9. The summed E-state index contributed by atoms with van der Waals surface area (Å²) < 4.78 is 55.6. The molecule has 1 heterocycles. The molecule has 0 atom stereocenters. The first kappa shape index (κ1) is 26.7. The minimum absolute atomic E-state index is 0.107. The van der Waals surface area contributed by atoms with Gasteiger partial charge in [0.05, 0.1) is 10.5 Å². The molecule has 4 N–H and O–H groups in total. The number of thiazole rings is 1. The number of rotatable bonds is 12. The summed E-state index contributed by atoms with van der Waals surface area (Å²) in [6, 6.07) is 9.10. The quantitative estimate of drug-likeness (QED) is 0.243. The zero-order chi connectivity index (χ0) is 25.6. The van der Waals surface area contributed by atoms with Gasteiger partial charge in [-0.1, -0.05) is 31.3 Å². The number of nitrogens with zero attached hydrogens (tertiary/aromatic N) is 2. The number of carbonyl (C=O) groups is 1. The molecule has 3 aromatic rings. The van der Waals surface area contributed by atoms with Gasteiger partial charge in [0.25, 0.3) is 0 Å². The predicted octanol–water partition coefficient (Wildman–Crippen LogP) is 3.99. The van der Waals surface area contributed by atoms with Gasteiger partial charge in [-0.3, -0.25) is 4.79 Å². The Morgan fingerprint density at radius 1 is 1.09 bits per heavy atom. The molecule has 0 aliphatic carbocycles. The fraction of sp³-hybridized carbons (Fsp3) is 0.304. The lowest BCUT2D eigenvalue weighted by atomic mass is 10.1. The summed E-state index contributed by atoms with van der Waals surface area (Å²) >= 11 is 0.839. The zero-order valence-electron chi connectivity index (χ0n) is 19.3. The Bertz CT molecular complexity index is 1260. The number of anilines is 3. The van der Waals surface area contributed by atoms with E-state index < -0.39 is 33.0 Å². The second-order valence-electron chi connectivity index (χ2n) is 7.59. The number of hydrogen-bond acceptors (Lipinski definition) is 8. The van der Waals surface area contributed by atoms with Crippen molar-refractivity contribution < 1.29 is 22.0 Å². The molecule has 0 saturated carbocycles. The predicted molar refractivity (Wildman–Crippen MR) is 134 cm³/mol. The molecular weight excluding hydrogens is 496 g/mol. The standard InChI is InChI=1S/C23H27F2N5O3S2/c1-3-30(4-2)14-6-13-27-35(32,33)16-11-9-15(10-12-16)28-23-29-22(26)21(34-23)20(31)19-17(24)7-5-8-18(19)25/h5,7-12,27H,3-4,6,13-14,26H2,1-2H3,(H,28,29). The van der Waals surface area contributed by atoms with Gasteiger partial charge in [-0.2, -0.15) is 0 Å². The van der Waals surface area contributed by atoms with Gasteiger partial charge in [-0.05, 0) is 62.5 Å². The number of nitrogens with two attached hydrogens (primary N) is 1. The van der Waals surface area contributed by atoms with E-state index in [1.807, 2.05) is 0 Å². The average molecular weight is 524 g/mol. The normalized spacial score (nSPS) is 11.7. The van der Waals surface area contributed by atoms with E-state index in [2.05, 4.69) is 33.8 Å². The molecule has 35 heavy (non-hydrogen) atoms. The SMILES string of the molecule is CCN(CC)CCCNS(=O)(=O)c1ccc(Nc2nc(N)c(C(=O)c3c(F)cccc3F)s2)cc1. The van der Waals surface area contributed by atoms with Crippen LogP contribution in [0.3, 0.4) is 0 Å². The molecule has 0 amide bonds. The molecule has 0 bridgehead atoms. The van der Waals surface area contributed by atoms with Gasteiger partial charge in [0.1, 0.15) is 22.3 Å². The van der Waals surface area contributed by atoms with Gasteiger partial charge in [0.2, 0.25) is 15.8 Å². The van der Waals surface area contributed by atoms with Crippen LogP contribution in [-0.2, 0) is 10.0 Å². The molecule has 0 aliphatic rings. The Hall–Kier alpha value is -2.93. The molecule has 0 unspecified atom stereocenters. The van der Waals surface area contributed by atoms with Crippen LogP contribution < -0.4 is 15.8 Å². The van der Waals surface area contributed by atoms with E-state index in [0.717, 1.165) is 49.2 Å². The first-order valence-corrected chi connectivity index (χ1v) is 13.3. The second kappa shape index (κ2) is 11.7. The second-order valence-corrected chi connectivity index (χ2v) is 10.4. The molecule has 12 heteroatoms. The number of nitrogens with one attached hydrogen (secondary N) is 2. The summed E-state index contributed by atoms with van der Waals surface area (Å²) in [6.07, 6.45) is 0.698. The van der Waals surface area contributed by atoms with Gasteiger partial charge in [0, 0.05) is 12.2 Å². The van der Waals surface area contributed by atoms with E-state index in [-0.39, 0.29) is 20.7 Å². The number of carbonyl (C=O) groups excluding carboxylic acids is 1. The van der Waals surface area contributed by atoms with Crippen molar-refractivity contribution >= 4 is 43.8 Å². The number of aromatic nitrogens is 1. The van der Waals surface area contributed by atoms with Crippen molar-refractivity contribution in [3.63, 3.8) is 0 Å². The van der Waals surface area contributed by atoms with Gasteiger partial charge < -0.3 is 16.0 Å². The summed E-state index contributed by atoms with van der Waals surface area (Å²) in [5, 5.41) is 3.14. The van der Waals surface area contributed by atoms with E-state index >= 15 is 0 Å². The third kappa shape index (κ3) is 6.60. The maximum atomic E-state index is 14.0. The van der Waals surface area contributed by atoms with Crippen LogP contribution >= 0.6 is 11.3 Å². The van der Waals surface area contributed by atoms with Crippen LogP contribution in [0.15, 0.2) is 47.4 Å². The minimum atomic E-state index is -3.66. The van der Waals surface area contributed by atoms with Crippen molar-refractivity contribution in [1.29, 1.82) is 0 Å². The van der Waals surface area contributed by atoms with Gasteiger partial charge >= 0.3 is 0 Å². The number of ketones is 1. The molecule has 8 nitrogen and oxygen atoms in total. The van der Waals surface area contributed by atoms with E-state index in [9.17, 15) is 22.0 Å². The average Bonchev–Trinajstić information content (AvgIpc) is 3.19. The maximum absolute atomic E-state index is 14.0. The summed E-state index contributed by atoms with van der Waals surface area (Å²) in [5.74, 6) is -3.05. The van der Waals surface area contributed by atoms with Crippen LogP contribution in [0.2, 0.25) is 0 Å². The number of halogens is 2. The van der Waals surface area contributed by atoms with Crippen LogP contribution in [0.25, 0.3) is 0 Å². The molecular formula is C23H27F2N5O3S2. The number of benzene rings is 2. The molecule has 0 saturated heterocycles. The monoisotopic (exact) mass is 523 g/mol. The summed E-state index contributed by atoms with van der Waals surface area (Å²) in [7, 11) is -3.66. The Kier molecular flexibility index (Phi) is 8.89. The molecule has 0 aliphatic heterocycles. The van der Waals surface area contributed by atoms with E-state index in [4.69, 9.17) is 5.73 Å². The van der Waals surface area contributed by atoms with Crippen LogP contribution in [0.5, 0.6) is 0 Å². The molecule has 188 valence electrons. The van der Waals surface area contributed by atoms with E-state index in [1.165, 1.54) is 12.1 Å². The maximum Gasteiger partial charge on any atom is 0.240 e. The van der Waals surface area contributed by atoms with E-state index in [0.29, 0.717) is 18.7 Å². The van der Waals surface area contributed by atoms with E-state index in [1.54, 1.807) is 12.1 Å². The number of nitrogen functional groups attached to an aromatic ring is 1. The lowest BCUT2D eigenvalue weighted by Crippen LogP contribution is -2.30. The highest BCUT2D eigenvalue weighted by Crippen LogP contribution is 2.31. The third-order valence-corrected chi connectivity index (χ3v) is 7.77. The highest BCUT2D eigenvalue weighted by atomic mass is 32.2.